The molecule has 1 fully saturated rings. The van der Waals surface area contributed by atoms with Gasteiger partial charge in [-0.05, 0) is 24.6 Å². The van der Waals surface area contributed by atoms with E-state index in [0.717, 1.165) is 36.9 Å². The molecule has 1 aliphatic heterocycles. The molecule has 0 saturated carbocycles. The van der Waals surface area contributed by atoms with Crippen LogP contribution in [0.3, 0.4) is 0 Å². The minimum atomic E-state index is -0.0738. The quantitative estimate of drug-likeness (QED) is 0.932. The van der Waals surface area contributed by atoms with Gasteiger partial charge in [-0.3, -0.25) is 4.79 Å². The maximum Gasteiger partial charge on any atom is 0.230 e. The van der Waals surface area contributed by atoms with Gasteiger partial charge in [0.2, 0.25) is 11.0 Å². The summed E-state index contributed by atoms with van der Waals surface area (Å²) >= 11 is 1.38. The number of nitrogens with one attached hydrogen (secondary N) is 1. The minimum absolute atomic E-state index is 0.0738. The van der Waals surface area contributed by atoms with E-state index in [4.69, 9.17) is 4.74 Å². The van der Waals surface area contributed by atoms with Crippen molar-refractivity contribution in [3.05, 3.63) is 34.8 Å². The summed E-state index contributed by atoms with van der Waals surface area (Å²) in [6, 6.07) is 8.11. The zero-order chi connectivity index (χ0) is 15.4. The predicted molar refractivity (Wildman–Crippen MR) is 86.5 cm³/mol. The Kier molecular flexibility index (Phi) is 4.65. The lowest BCUT2D eigenvalue weighted by molar-refractivity contribution is -0.115. The SMILES string of the molecule is Cc1nnc(NC(=O)Cc2ccc(N3CCOCC3)cc2)s1. The normalized spacial score (nSPS) is 14.9. The molecule has 3 rings (SSSR count). The highest BCUT2D eigenvalue weighted by Gasteiger charge is 2.12. The Labute approximate surface area is 133 Å². The van der Waals surface area contributed by atoms with E-state index in [9.17, 15) is 4.79 Å². The van der Waals surface area contributed by atoms with Gasteiger partial charge in [0.25, 0.3) is 0 Å². The van der Waals surface area contributed by atoms with Crippen LogP contribution in [0.2, 0.25) is 0 Å². The number of carbonyl (C=O) groups excluding carboxylic acids is 1. The Bertz CT molecular complexity index is 635. The average molecular weight is 318 g/mol. The first-order chi connectivity index (χ1) is 10.7. The third kappa shape index (κ3) is 3.80. The van der Waals surface area contributed by atoms with Gasteiger partial charge in [-0.1, -0.05) is 23.5 Å². The fourth-order valence-electron chi connectivity index (χ4n) is 2.34. The summed E-state index contributed by atoms with van der Waals surface area (Å²) in [5, 5.41) is 11.9. The van der Waals surface area contributed by atoms with Gasteiger partial charge in [-0.2, -0.15) is 0 Å². The molecule has 0 unspecified atom stereocenters. The molecule has 2 aromatic rings. The van der Waals surface area contributed by atoms with Crippen molar-refractivity contribution in [3.63, 3.8) is 0 Å². The van der Waals surface area contributed by atoms with Crippen LogP contribution in [0.15, 0.2) is 24.3 Å². The number of ether oxygens (including phenoxy) is 1. The number of aromatic nitrogens is 2. The molecule has 2 heterocycles. The van der Waals surface area contributed by atoms with Crippen LogP contribution < -0.4 is 10.2 Å². The van der Waals surface area contributed by atoms with Crippen molar-refractivity contribution in [3.8, 4) is 0 Å². The van der Waals surface area contributed by atoms with E-state index in [0.29, 0.717) is 11.6 Å². The first-order valence-corrected chi connectivity index (χ1v) is 8.04. The van der Waals surface area contributed by atoms with E-state index < -0.39 is 0 Å². The second-order valence-electron chi connectivity index (χ2n) is 5.12. The van der Waals surface area contributed by atoms with Gasteiger partial charge in [0.1, 0.15) is 5.01 Å². The van der Waals surface area contributed by atoms with Crippen LogP contribution >= 0.6 is 11.3 Å². The van der Waals surface area contributed by atoms with E-state index >= 15 is 0 Å². The van der Waals surface area contributed by atoms with Crippen molar-refractivity contribution in [1.29, 1.82) is 0 Å². The summed E-state index contributed by atoms with van der Waals surface area (Å²) in [5.74, 6) is -0.0738. The van der Waals surface area contributed by atoms with Crippen molar-refractivity contribution in [2.75, 3.05) is 36.5 Å². The molecule has 1 saturated heterocycles. The highest BCUT2D eigenvalue weighted by Crippen LogP contribution is 2.18. The van der Waals surface area contributed by atoms with Crippen LogP contribution in [0, 0.1) is 6.92 Å². The summed E-state index contributed by atoms with van der Waals surface area (Å²) in [4.78, 5) is 14.3. The van der Waals surface area contributed by atoms with Gasteiger partial charge in [0.15, 0.2) is 0 Å². The summed E-state index contributed by atoms with van der Waals surface area (Å²) in [6.07, 6.45) is 0.335. The van der Waals surface area contributed by atoms with E-state index in [1.54, 1.807) is 0 Å². The maximum atomic E-state index is 12.0. The predicted octanol–water partition coefficient (Wildman–Crippen LogP) is 1.86. The summed E-state index contributed by atoms with van der Waals surface area (Å²) in [5.41, 5.74) is 2.16. The molecule has 1 aliphatic rings. The molecular formula is C15H18N4O2S. The Balaban J connectivity index is 1.57. The second-order valence-corrected chi connectivity index (χ2v) is 6.30. The number of rotatable bonds is 4. The molecule has 1 aromatic carbocycles. The lowest BCUT2D eigenvalue weighted by atomic mass is 10.1. The molecule has 22 heavy (non-hydrogen) atoms. The van der Waals surface area contributed by atoms with Gasteiger partial charge < -0.3 is 15.0 Å². The standard InChI is InChI=1S/C15H18N4O2S/c1-11-17-18-15(22-11)16-14(20)10-12-2-4-13(5-3-12)19-6-8-21-9-7-19/h2-5H,6-10H2,1H3,(H,16,18,20). The lowest BCUT2D eigenvalue weighted by Crippen LogP contribution is -2.36. The number of anilines is 2. The number of amides is 1. The van der Waals surface area contributed by atoms with E-state index in [2.05, 4.69) is 32.5 Å². The first-order valence-electron chi connectivity index (χ1n) is 7.22. The van der Waals surface area contributed by atoms with E-state index in [-0.39, 0.29) is 5.91 Å². The molecule has 7 heteroatoms. The minimum Gasteiger partial charge on any atom is -0.378 e. The van der Waals surface area contributed by atoms with E-state index in [1.807, 2.05) is 19.1 Å². The zero-order valence-corrected chi connectivity index (χ0v) is 13.2. The van der Waals surface area contributed by atoms with Gasteiger partial charge >= 0.3 is 0 Å². The molecule has 0 aliphatic carbocycles. The Hall–Kier alpha value is -1.99. The summed E-state index contributed by atoms with van der Waals surface area (Å²) in [6.45, 7) is 5.22. The number of benzene rings is 1. The molecule has 6 nitrogen and oxygen atoms in total. The number of hydrogen-bond donors (Lipinski definition) is 1. The number of hydrogen-bond acceptors (Lipinski definition) is 6. The Morgan fingerprint density at radius 2 is 2.00 bits per heavy atom. The third-order valence-corrected chi connectivity index (χ3v) is 4.20. The molecule has 0 spiro atoms. The van der Waals surface area contributed by atoms with E-state index in [1.165, 1.54) is 17.0 Å². The van der Waals surface area contributed by atoms with Crippen LogP contribution in [-0.2, 0) is 16.0 Å². The fraction of sp³-hybridized carbons (Fsp3) is 0.400. The fourth-order valence-corrected chi connectivity index (χ4v) is 2.95. The molecule has 0 bridgehead atoms. The third-order valence-electron chi connectivity index (χ3n) is 3.45. The highest BCUT2D eigenvalue weighted by atomic mass is 32.1. The molecule has 0 radical (unpaired) electrons. The number of nitrogens with zero attached hydrogens (tertiary/aromatic N) is 3. The molecule has 1 N–H and O–H groups in total. The van der Waals surface area contributed by atoms with Gasteiger partial charge in [0, 0.05) is 18.8 Å². The van der Waals surface area contributed by atoms with Crippen LogP contribution in [0.1, 0.15) is 10.6 Å². The maximum absolute atomic E-state index is 12.0. The second kappa shape index (κ2) is 6.85. The smallest absolute Gasteiger partial charge is 0.230 e. The molecular weight excluding hydrogens is 300 g/mol. The highest BCUT2D eigenvalue weighted by molar-refractivity contribution is 7.15. The number of carbonyl (C=O) groups is 1. The Morgan fingerprint density at radius 1 is 1.27 bits per heavy atom. The van der Waals surface area contributed by atoms with Gasteiger partial charge in [0.05, 0.1) is 19.6 Å². The number of morpholine rings is 1. The largest absolute Gasteiger partial charge is 0.378 e. The monoisotopic (exact) mass is 318 g/mol. The van der Waals surface area contributed by atoms with Gasteiger partial charge in [-0.25, -0.2) is 0 Å². The van der Waals surface area contributed by atoms with Crippen molar-refractivity contribution in [2.45, 2.75) is 13.3 Å². The summed E-state index contributed by atoms with van der Waals surface area (Å²) < 4.78 is 5.35. The number of aryl methyl sites for hydroxylation is 1. The van der Waals surface area contributed by atoms with Crippen LogP contribution in [0.25, 0.3) is 0 Å². The Morgan fingerprint density at radius 3 is 2.64 bits per heavy atom. The van der Waals surface area contributed by atoms with Crippen molar-refractivity contribution in [1.82, 2.24) is 10.2 Å². The average Bonchev–Trinajstić information content (AvgIpc) is 2.94. The van der Waals surface area contributed by atoms with Crippen LogP contribution in [-0.4, -0.2) is 42.4 Å². The van der Waals surface area contributed by atoms with Gasteiger partial charge in [-0.15, -0.1) is 10.2 Å². The topological polar surface area (TPSA) is 67.4 Å². The first kappa shape index (κ1) is 14.9. The van der Waals surface area contributed by atoms with Crippen molar-refractivity contribution in [2.24, 2.45) is 0 Å². The van der Waals surface area contributed by atoms with Crippen LogP contribution in [0.5, 0.6) is 0 Å². The molecule has 1 amide bonds. The molecule has 1 aromatic heterocycles. The molecule has 116 valence electrons. The zero-order valence-electron chi connectivity index (χ0n) is 12.4. The molecule has 0 atom stereocenters. The van der Waals surface area contributed by atoms with Crippen LogP contribution in [0.4, 0.5) is 10.8 Å². The lowest BCUT2D eigenvalue weighted by Gasteiger charge is -2.28. The van der Waals surface area contributed by atoms with Crippen molar-refractivity contribution < 1.29 is 9.53 Å². The summed E-state index contributed by atoms with van der Waals surface area (Å²) in [7, 11) is 0. The van der Waals surface area contributed by atoms with Crippen molar-refractivity contribution >= 4 is 28.1 Å².